The molecule has 3 N–H and O–H groups in total. The van der Waals surface area contributed by atoms with Gasteiger partial charge in [0.25, 0.3) is 0 Å². The van der Waals surface area contributed by atoms with Crippen LogP contribution in [0.3, 0.4) is 0 Å². The van der Waals surface area contributed by atoms with E-state index in [1.807, 2.05) is 0 Å². The number of anilines is 1. The Morgan fingerprint density at radius 2 is 1.89 bits per heavy atom. The number of hydrogen-bond acceptors (Lipinski definition) is 4. The third-order valence-corrected chi connectivity index (χ3v) is 2.36. The van der Waals surface area contributed by atoms with Crippen molar-refractivity contribution in [2.75, 3.05) is 18.4 Å². The van der Waals surface area contributed by atoms with Gasteiger partial charge in [-0.2, -0.15) is 13.2 Å². The average molecular weight is 262 g/mol. The quantitative estimate of drug-likeness (QED) is 0.741. The van der Waals surface area contributed by atoms with Crippen molar-refractivity contribution in [2.24, 2.45) is 5.73 Å². The van der Waals surface area contributed by atoms with Crippen LogP contribution in [0.4, 0.5) is 19.1 Å². The second kappa shape index (κ2) is 7.15. The van der Waals surface area contributed by atoms with Crippen molar-refractivity contribution in [2.45, 2.75) is 31.9 Å². The van der Waals surface area contributed by atoms with Crippen LogP contribution in [0.5, 0.6) is 0 Å². The van der Waals surface area contributed by atoms with Crippen molar-refractivity contribution in [1.29, 1.82) is 0 Å². The SMILES string of the molecule is NCCCCCCNc1nccc(C(F)(F)F)n1. The molecule has 4 nitrogen and oxygen atoms in total. The molecular weight excluding hydrogens is 245 g/mol. The van der Waals surface area contributed by atoms with E-state index < -0.39 is 11.9 Å². The van der Waals surface area contributed by atoms with Crippen LogP contribution < -0.4 is 11.1 Å². The molecule has 0 unspecified atom stereocenters. The lowest BCUT2D eigenvalue weighted by atomic mass is 10.2. The summed E-state index contributed by atoms with van der Waals surface area (Å²) in [5.74, 6) is 0.0173. The number of alkyl halides is 3. The Balaban J connectivity index is 2.34. The van der Waals surface area contributed by atoms with Gasteiger partial charge in [-0.05, 0) is 25.5 Å². The highest BCUT2D eigenvalue weighted by molar-refractivity contribution is 5.25. The van der Waals surface area contributed by atoms with Gasteiger partial charge in [0.1, 0.15) is 5.69 Å². The van der Waals surface area contributed by atoms with Crippen LogP contribution >= 0.6 is 0 Å². The van der Waals surface area contributed by atoms with Crippen LogP contribution in [0.1, 0.15) is 31.4 Å². The smallest absolute Gasteiger partial charge is 0.354 e. The van der Waals surface area contributed by atoms with Crippen molar-refractivity contribution >= 4 is 5.95 Å². The summed E-state index contributed by atoms with van der Waals surface area (Å²) in [6.07, 6.45) is 0.525. The van der Waals surface area contributed by atoms with E-state index in [0.717, 1.165) is 37.9 Å². The van der Waals surface area contributed by atoms with Crippen molar-refractivity contribution < 1.29 is 13.2 Å². The van der Waals surface area contributed by atoms with Gasteiger partial charge in [-0.1, -0.05) is 12.8 Å². The molecule has 0 radical (unpaired) electrons. The summed E-state index contributed by atoms with van der Waals surface area (Å²) in [5, 5.41) is 2.78. The molecule has 1 rings (SSSR count). The zero-order valence-electron chi connectivity index (χ0n) is 10.0. The summed E-state index contributed by atoms with van der Waals surface area (Å²) in [4.78, 5) is 7.16. The number of halogens is 3. The Kier molecular flexibility index (Phi) is 5.84. The Morgan fingerprint density at radius 1 is 1.17 bits per heavy atom. The van der Waals surface area contributed by atoms with Crippen LogP contribution in [0, 0.1) is 0 Å². The zero-order chi connectivity index (χ0) is 13.4. The van der Waals surface area contributed by atoms with Crippen molar-refractivity contribution in [3.05, 3.63) is 18.0 Å². The van der Waals surface area contributed by atoms with Crippen LogP contribution in [0.15, 0.2) is 12.3 Å². The van der Waals surface area contributed by atoms with E-state index in [4.69, 9.17) is 5.73 Å². The van der Waals surface area contributed by atoms with E-state index in [0.29, 0.717) is 13.1 Å². The van der Waals surface area contributed by atoms with Crippen molar-refractivity contribution in [1.82, 2.24) is 9.97 Å². The van der Waals surface area contributed by atoms with E-state index in [9.17, 15) is 13.2 Å². The first-order valence-corrected chi connectivity index (χ1v) is 5.88. The molecule has 0 saturated carbocycles. The van der Waals surface area contributed by atoms with Gasteiger partial charge in [-0.25, -0.2) is 9.97 Å². The van der Waals surface area contributed by atoms with Gasteiger partial charge in [0.05, 0.1) is 0 Å². The first kappa shape index (κ1) is 14.7. The fraction of sp³-hybridized carbons (Fsp3) is 0.636. The van der Waals surface area contributed by atoms with Gasteiger partial charge in [0.2, 0.25) is 5.95 Å². The van der Waals surface area contributed by atoms with E-state index in [2.05, 4.69) is 15.3 Å². The van der Waals surface area contributed by atoms with Crippen molar-refractivity contribution in [3.8, 4) is 0 Å². The molecule has 0 atom stereocenters. The minimum absolute atomic E-state index is 0.0173. The molecule has 7 heteroatoms. The molecule has 102 valence electrons. The van der Waals surface area contributed by atoms with Crippen LogP contribution in [-0.4, -0.2) is 23.1 Å². The molecule has 1 aromatic heterocycles. The Hall–Kier alpha value is -1.37. The van der Waals surface area contributed by atoms with Gasteiger partial charge in [-0.15, -0.1) is 0 Å². The van der Waals surface area contributed by atoms with Crippen LogP contribution in [-0.2, 0) is 6.18 Å². The topological polar surface area (TPSA) is 63.8 Å². The first-order chi connectivity index (χ1) is 8.54. The number of nitrogens with zero attached hydrogens (tertiary/aromatic N) is 2. The van der Waals surface area contributed by atoms with Gasteiger partial charge in [0, 0.05) is 12.7 Å². The molecule has 0 bridgehead atoms. The minimum Gasteiger partial charge on any atom is -0.354 e. The first-order valence-electron chi connectivity index (χ1n) is 5.88. The molecule has 0 amide bonds. The van der Waals surface area contributed by atoms with Gasteiger partial charge < -0.3 is 11.1 Å². The predicted octanol–water partition coefficient (Wildman–Crippen LogP) is 2.43. The Labute approximate surface area is 104 Å². The third-order valence-electron chi connectivity index (χ3n) is 2.36. The fourth-order valence-electron chi connectivity index (χ4n) is 1.42. The second-order valence-electron chi connectivity index (χ2n) is 3.89. The third kappa shape index (κ3) is 5.31. The number of hydrogen-bond donors (Lipinski definition) is 2. The number of aromatic nitrogens is 2. The summed E-state index contributed by atoms with van der Waals surface area (Å²) in [6.45, 7) is 1.23. The van der Waals surface area contributed by atoms with Gasteiger partial charge >= 0.3 is 6.18 Å². The lowest BCUT2D eigenvalue weighted by Gasteiger charge is -2.08. The molecule has 0 spiro atoms. The molecule has 0 aliphatic carbocycles. The molecule has 1 aromatic rings. The highest BCUT2D eigenvalue weighted by Crippen LogP contribution is 2.27. The lowest BCUT2D eigenvalue weighted by molar-refractivity contribution is -0.141. The minimum atomic E-state index is -4.43. The fourth-order valence-corrected chi connectivity index (χ4v) is 1.42. The molecule has 0 aliphatic heterocycles. The number of rotatable bonds is 7. The summed E-state index contributed by atoms with van der Waals surface area (Å²) in [7, 11) is 0. The summed E-state index contributed by atoms with van der Waals surface area (Å²) < 4.78 is 37.1. The molecule has 0 aromatic carbocycles. The molecule has 0 saturated heterocycles. The molecule has 0 aliphatic rings. The largest absolute Gasteiger partial charge is 0.433 e. The zero-order valence-corrected chi connectivity index (χ0v) is 10.0. The van der Waals surface area contributed by atoms with Crippen LogP contribution in [0.25, 0.3) is 0 Å². The summed E-state index contributed by atoms with van der Waals surface area (Å²) in [6, 6.07) is 0.854. The number of unbranched alkanes of at least 4 members (excludes halogenated alkanes) is 3. The molecular formula is C11H17F3N4. The summed E-state index contributed by atoms with van der Waals surface area (Å²) in [5.41, 5.74) is 4.42. The molecule has 0 fully saturated rings. The summed E-state index contributed by atoms with van der Waals surface area (Å²) >= 11 is 0. The predicted molar refractivity (Wildman–Crippen MR) is 63.0 cm³/mol. The second-order valence-corrected chi connectivity index (χ2v) is 3.89. The number of nitrogens with one attached hydrogen (secondary N) is 1. The Bertz CT molecular complexity index is 354. The van der Waals surface area contributed by atoms with Gasteiger partial charge in [-0.3, -0.25) is 0 Å². The Morgan fingerprint density at radius 3 is 2.56 bits per heavy atom. The monoisotopic (exact) mass is 262 g/mol. The van der Waals surface area contributed by atoms with Crippen LogP contribution in [0.2, 0.25) is 0 Å². The standard InChI is InChI=1S/C11H17F3N4/c12-11(13,14)9-5-8-17-10(18-9)16-7-4-2-1-3-6-15/h5,8H,1-4,6-7,15H2,(H,16,17,18). The molecule has 1 heterocycles. The highest BCUT2D eigenvalue weighted by atomic mass is 19.4. The molecule has 18 heavy (non-hydrogen) atoms. The van der Waals surface area contributed by atoms with Crippen molar-refractivity contribution in [3.63, 3.8) is 0 Å². The maximum Gasteiger partial charge on any atom is 0.433 e. The normalized spacial score (nSPS) is 11.6. The van der Waals surface area contributed by atoms with E-state index >= 15 is 0 Å². The van der Waals surface area contributed by atoms with E-state index in [1.54, 1.807) is 0 Å². The van der Waals surface area contributed by atoms with E-state index in [-0.39, 0.29) is 5.95 Å². The number of nitrogens with two attached hydrogens (primary N) is 1. The average Bonchev–Trinajstić information content (AvgIpc) is 2.33. The maximum atomic E-state index is 12.4. The lowest BCUT2D eigenvalue weighted by Crippen LogP contribution is -2.12. The maximum absolute atomic E-state index is 12.4. The van der Waals surface area contributed by atoms with E-state index in [1.165, 1.54) is 0 Å². The van der Waals surface area contributed by atoms with Gasteiger partial charge in [0.15, 0.2) is 0 Å². The highest BCUT2D eigenvalue weighted by Gasteiger charge is 2.32.